The zero-order valence-corrected chi connectivity index (χ0v) is 20.1. The number of nitrogens with zero attached hydrogens (tertiary/aromatic N) is 2. The van der Waals surface area contributed by atoms with Crippen LogP contribution in [0, 0.1) is 6.92 Å². The second-order valence-corrected chi connectivity index (χ2v) is 9.73. The van der Waals surface area contributed by atoms with Gasteiger partial charge in [-0.2, -0.15) is 0 Å². The van der Waals surface area contributed by atoms with Crippen LogP contribution in [-0.2, 0) is 22.6 Å². The average Bonchev–Trinajstić information content (AvgIpc) is 3.44. The third kappa shape index (κ3) is 8.29. The lowest BCUT2D eigenvalue weighted by Crippen LogP contribution is -2.48. The van der Waals surface area contributed by atoms with E-state index in [1.165, 1.54) is 31.0 Å². The van der Waals surface area contributed by atoms with E-state index in [1.807, 2.05) is 59.1 Å². The van der Waals surface area contributed by atoms with Gasteiger partial charge in [-0.15, -0.1) is 11.3 Å². The molecule has 174 valence electrons. The number of aromatic nitrogens is 1. The van der Waals surface area contributed by atoms with Crippen LogP contribution in [0.3, 0.4) is 0 Å². The van der Waals surface area contributed by atoms with Crippen LogP contribution in [0.25, 0.3) is 0 Å². The monoisotopic (exact) mass is 485 g/mol. The first kappa shape index (κ1) is 24.9. The quantitative estimate of drug-likeness (QED) is 0.298. The Morgan fingerprint density at radius 3 is 2.67 bits per heavy atom. The van der Waals surface area contributed by atoms with Crippen molar-refractivity contribution in [1.82, 2.24) is 14.8 Å². The summed E-state index contributed by atoms with van der Waals surface area (Å²) in [6.07, 6.45) is 3.66. The molecule has 0 saturated heterocycles. The Morgan fingerprint density at radius 1 is 1.24 bits per heavy atom. The molecule has 2 N–H and O–H groups in total. The Balaban J connectivity index is 1.76. The molecule has 3 aromatic rings. The Bertz CT molecular complexity index is 1050. The maximum absolute atomic E-state index is 12.4. The first-order chi connectivity index (χ1) is 15.9. The van der Waals surface area contributed by atoms with E-state index in [9.17, 15) is 14.7 Å². The van der Waals surface area contributed by atoms with E-state index >= 15 is 0 Å². The van der Waals surface area contributed by atoms with E-state index < -0.39 is 18.1 Å². The maximum atomic E-state index is 12.4. The summed E-state index contributed by atoms with van der Waals surface area (Å²) in [6, 6.07) is 13.2. The molecule has 9 heteroatoms. The summed E-state index contributed by atoms with van der Waals surface area (Å²) < 4.78 is 7.21. The average molecular weight is 486 g/mol. The summed E-state index contributed by atoms with van der Waals surface area (Å²) in [5.41, 5.74) is 0.990. The molecule has 0 aliphatic rings. The second-order valence-electron chi connectivity index (χ2n) is 7.56. The van der Waals surface area contributed by atoms with Crippen molar-refractivity contribution in [3.63, 3.8) is 0 Å². The summed E-state index contributed by atoms with van der Waals surface area (Å²) >= 11 is 3.10. The van der Waals surface area contributed by atoms with Gasteiger partial charge >= 0.3 is 0 Å². The largest absolute Gasteiger partial charge is 0.390 e. The summed E-state index contributed by atoms with van der Waals surface area (Å²) in [5, 5.41) is 19.9. The maximum Gasteiger partial charge on any atom is 0.244 e. The lowest BCUT2D eigenvalue weighted by molar-refractivity contribution is -0.118. The Hall–Kier alpha value is -2.72. The summed E-state index contributed by atoms with van der Waals surface area (Å²) in [5.74, 6) is 0.0691. The third-order valence-corrected chi connectivity index (χ3v) is 6.78. The van der Waals surface area contributed by atoms with E-state index in [0.29, 0.717) is 25.3 Å². The molecular formula is C24H27N3O4S2. The number of aliphatic hydroxyl groups is 1. The Labute approximate surface area is 201 Å². The topological polar surface area (TPSA) is 95.7 Å². The van der Waals surface area contributed by atoms with Gasteiger partial charge in [0.25, 0.3) is 0 Å². The first-order valence-electron chi connectivity index (χ1n) is 10.5. The lowest BCUT2D eigenvalue weighted by Gasteiger charge is -2.29. The van der Waals surface area contributed by atoms with Gasteiger partial charge in [0, 0.05) is 24.0 Å². The molecule has 2 heterocycles. The van der Waals surface area contributed by atoms with Crippen molar-refractivity contribution in [2.45, 2.75) is 43.9 Å². The highest BCUT2D eigenvalue weighted by Gasteiger charge is 2.25. The van der Waals surface area contributed by atoms with Crippen LogP contribution in [0.4, 0.5) is 0 Å². The number of aliphatic hydroxyl groups excluding tert-OH is 1. The minimum absolute atomic E-state index is 0.215. The molecule has 2 aromatic heterocycles. The minimum Gasteiger partial charge on any atom is -0.390 e. The Kier molecular flexibility index (Phi) is 9.44. The van der Waals surface area contributed by atoms with Crippen molar-refractivity contribution in [3.8, 4) is 0 Å². The summed E-state index contributed by atoms with van der Waals surface area (Å²) in [4.78, 5) is 25.6. The molecule has 3 rings (SSSR count). The first-order valence-corrected chi connectivity index (χ1v) is 12.1. The van der Waals surface area contributed by atoms with Crippen molar-refractivity contribution < 1.29 is 19.2 Å². The summed E-state index contributed by atoms with van der Waals surface area (Å²) in [7, 11) is 0. The van der Waals surface area contributed by atoms with Gasteiger partial charge in [-0.25, -0.2) is 4.31 Å². The van der Waals surface area contributed by atoms with Crippen molar-refractivity contribution in [3.05, 3.63) is 82.4 Å². The molecule has 1 amide bonds. The fraction of sp³-hybridized carbons (Fsp3) is 0.292. The molecule has 1 aromatic carbocycles. The molecule has 7 nitrogen and oxygen atoms in total. The highest BCUT2D eigenvalue weighted by atomic mass is 32.2. The van der Waals surface area contributed by atoms with E-state index in [0.717, 1.165) is 15.3 Å². The number of thiophene rings is 1. The van der Waals surface area contributed by atoms with Gasteiger partial charge in [0.15, 0.2) is 5.78 Å². The van der Waals surface area contributed by atoms with Crippen molar-refractivity contribution in [2.75, 3.05) is 6.54 Å². The standard InChI is InChI=1S/C24H27N3O4S2/c1-17(28)10-11-24(30)26-21(13-19-7-4-3-5-8-19)22(29)16-27(15-20-9-6-12-32-20)33-23-14-25-31-18(23)2/h3-12,14,21-22,29H,13,15-16H2,1-2H3,(H,26,30)/b11-10+. The SMILES string of the molecule is CC(=O)/C=C/C(=O)NC(Cc1ccccc1)C(O)CN(Cc1cccs1)Sc1cnoc1C. The number of hydrogen-bond acceptors (Lipinski definition) is 8. The third-order valence-electron chi connectivity index (χ3n) is 4.80. The zero-order chi connectivity index (χ0) is 23.6. The molecule has 2 unspecified atom stereocenters. The van der Waals surface area contributed by atoms with Crippen LogP contribution < -0.4 is 5.32 Å². The van der Waals surface area contributed by atoms with Gasteiger partial charge in [-0.05, 0) is 55.3 Å². The minimum atomic E-state index is -0.868. The van der Waals surface area contributed by atoms with Crippen LogP contribution in [0.15, 0.2) is 75.6 Å². The van der Waals surface area contributed by atoms with Gasteiger partial charge in [0.05, 0.1) is 23.2 Å². The number of aryl methyl sites for hydroxylation is 1. The van der Waals surface area contributed by atoms with Gasteiger partial charge in [0.1, 0.15) is 5.76 Å². The molecule has 0 saturated carbocycles. The molecule has 33 heavy (non-hydrogen) atoms. The highest BCUT2D eigenvalue weighted by Crippen LogP contribution is 2.29. The zero-order valence-electron chi connectivity index (χ0n) is 18.5. The van der Waals surface area contributed by atoms with Crippen LogP contribution in [-0.4, -0.2) is 44.9 Å². The van der Waals surface area contributed by atoms with Gasteiger partial charge < -0.3 is 14.9 Å². The van der Waals surface area contributed by atoms with Crippen LogP contribution >= 0.6 is 23.3 Å². The second kappa shape index (κ2) is 12.5. The molecular weight excluding hydrogens is 458 g/mol. The molecule has 0 radical (unpaired) electrons. The summed E-state index contributed by atoms with van der Waals surface area (Å²) in [6.45, 7) is 4.13. The predicted molar refractivity (Wildman–Crippen MR) is 130 cm³/mol. The van der Waals surface area contributed by atoms with E-state index in [4.69, 9.17) is 4.52 Å². The van der Waals surface area contributed by atoms with E-state index in [2.05, 4.69) is 10.5 Å². The molecule has 2 atom stereocenters. The van der Waals surface area contributed by atoms with Crippen molar-refractivity contribution in [1.29, 1.82) is 0 Å². The van der Waals surface area contributed by atoms with Gasteiger partial charge in [0.2, 0.25) is 5.91 Å². The van der Waals surface area contributed by atoms with Gasteiger partial charge in [-0.1, -0.05) is 41.6 Å². The van der Waals surface area contributed by atoms with Gasteiger partial charge in [-0.3, -0.25) is 9.59 Å². The smallest absolute Gasteiger partial charge is 0.244 e. The Morgan fingerprint density at radius 2 is 2.03 bits per heavy atom. The molecule has 0 aliphatic carbocycles. The number of rotatable bonds is 12. The number of allylic oxidation sites excluding steroid dienone is 1. The predicted octanol–water partition coefficient (Wildman–Crippen LogP) is 3.79. The van der Waals surface area contributed by atoms with Crippen molar-refractivity contribution >= 4 is 35.0 Å². The van der Waals surface area contributed by atoms with Crippen LogP contribution in [0.1, 0.15) is 23.1 Å². The number of carbonyl (C=O) groups excluding carboxylic acids is 2. The fourth-order valence-corrected chi connectivity index (χ4v) is 4.90. The number of ketones is 1. The van der Waals surface area contributed by atoms with Crippen LogP contribution in [0.2, 0.25) is 0 Å². The molecule has 0 fully saturated rings. The van der Waals surface area contributed by atoms with E-state index in [-0.39, 0.29) is 5.78 Å². The molecule has 0 aliphatic heterocycles. The molecule has 0 bridgehead atoms. The normalized spacial score (nSPS) is 13.3. The highest BCUT2D eigenvalue weighted by molar-refractivity contribution is 7.97. The van der Waals surface area contributed by atoms with E-state index in [1.54, 1.807) is 17.5 Å². The fourth-order valence-electron chi connectivity index (χ4n) is 3.14. The lowest BCUT2D eigenvalue weighted by atomic mass is 10.0. The molecule has 0 spiro atoms. The number of amides is 1. The van der Waals surface area contributed by atoms with Crippen LogP contribution in [0.5, 0.6) is 0 Å². The number of hydrogen-bond donors (Lipinski definition) is 2. The number of benzene rings is 1. The number of carbonyl (C=O) groups is 2. The number of nitrogens with one attached hydrogen (secondary N) is 1. The van der Waals surface area contributed by atoms with Crippen molar-refractivity contribution in [2.24, 2.45) is 0 Å².